The van der Waals surface area contributed by atoms with Crippen molar-refractivity contribution in [1.82, 2.24) is 0 Å². The number of phenolic OH excluding ortho intramolecular Hbond substituents is 1. The van der Waals surface area contributed by atoms with Gasteiger partial charge in [-0.25, -0.2) is 0 Å². The number of benzene rings is 7. The molecule has 374 valence electrons. The molecule has 0 radical (unpaired) electrons. The maximum absolute atomic E-state index is 10.7. The number of aliphatic hydroxyl groups excluding tert-OH is 1. The summed E-state index contributed by atoms with van der Waals surface area (Å²) in [5.74, 6) is 1.96. The second kappa shape index (κ2) is 31.2. The normalized spacial score (nSPS) is 10.2. The van der Waals surface area contributed by atoms with Crippen molar-refractivity contribution in [2.45, 2.75) is 41.1 Å². The van der Waals surface area contributed by atoms with Crippen molar-refractivity contribution in [2.24, 2.45) is 0 Å². The Balaban J connectivity index is 0.000000240. The molecular weight excluding hydrogens is 993 g/mol. The van der Waals surface area contributed by atoms with Gasteiger partial charge in [0.15, 0.2) is 0 Å². The molecule has 0 aliphatic carbocycles. The Kier molecular flexibility index (Phi) is 25.5. The number of nitrogen functional groups attached to an aromatic ring is 1. The van der Waals surface area contributed by atoms with E-state index in [1.165, 1.54) is 57.2 Å². The van der Waals surface area contributed by atoms with Crippen LogP contribution in [0.2, 0.25) is 0 Å². The molecule has 0 saturated heterocycles. The van der Waals surface area contributed by atoms with E-state index >= 15 is 0 Å². The highest BCUT2D eigenvalue weighted by Crippen LogP contribution is 2.23. The highest BCUT2D eigenvalue weighted by Gasteiger charge is 2.09. The third kappa shape index (κ3) is 23.8. The molecule has 0 spiro atoms. The number of nitrogens with two attached hydrogens (primary N) is 1. The van der Waals surface area contributed by atoms with E-state index in [0.717, 1.165) is 34.6 Å². The maximum Gasteiger partial charge on any atom is 0.269 e. The number of thioether (sulfide) groups is 3. The fourth-order valence-electron chi connectivity index (χ4n) is 5.41. The van der Waals surface area contributed by atoms with Gasteiger partial charge in [-0.05, 0) is 126 Å². The van der Waals surface area contributed by atoms with E-state index in [4.69, 9.17) is 25.4 Å². The fourth-order valence-corrected chi connectivity index (χ4v) is 6.98. The number of anilines is 1. The van der Waals surface area contributed by atoms with Crippen molar-refractivity contribution in [3.63, 3.8) is 0 Å². The number of rotatable bonds is 16. The molecule has 17 nitrogen and oxygen atoms in total. The molecule has 21 heteroatoms. The molecule has 0 aliphatic heterocycles. The van der Waals surface area contributed by atoms with E-state index in [-0.39, 0.29) is 30.3 Å². The van der Waals surface area contributed by atoms with E-state index in [9.17, 15) is 38.8 Å². The standard InChI is InChI=1S/C14H13NO3S.C14H15NOS.C8H9NO5S.C7H7NO3.C7H8OS/c1-19-14-7-5-13(6-8-14)18-10-11-3-2-4-12(9-11)15(16)17;1-17-14-7-5-13(6-8-14)16-10-11-3-2-4-12(15)9-11;1-15(12,13)14-6-7-3-2-4-8(5-7)9(10)11;9-5-6-2-1-3-7(4-6)8(10)11;1-9-7-4-2-6(8)3-5-7/h2-9H,10H2,1H3;2-9H,10,15H2,1H3;2-5H,6H2,1H3;1-4,9H,5H2;2-5,8H,1H3. The molecule has 0 amide bonds. The summed E-state index contributed by atoms with van der Waals surface area (Å²) in [6.45, 7) is 0.506. The highest BCUT2D eigenvalue weighted by atomic mass is 32.2. The van der Waals surface area contributed by atoms with Gasteiger partial charge in [0.25, 0.3) is 27.2 Å². The van der Waals surface area contributed by atoms with E-state index in [2.05, 4.69) is 22.6 Å². The topological polar surface area (TPSA) is 258 Å². The third-order valence-electron chi connectivity index (χ3n) is 8.94. The summed E-state index contributed by atoms with van der Waals surface area (Å²) in [6.07, 6.45) is 7.00. The Morgan fingerprint density at radius 1 is 0.507 bits per heavy atom. The first kappa shape index (κ1) is 58.2. The zero-order chi connectivity index (χ0) is 52.2. The Morgan fingerprint density at radius 3 is 1.20 bits per heavy atom. The summed E-state index contributed by atoms with van der Waals surface area (Å²) in [5.41, 5.74) is 9.33. The number of hydrogen-bond donors (Lipinski definition) is 3. The molecule has 4 N–H and O–H groups in total. The van der Waals surface area contributed by atoms with E-state index in [0.29, 0.717) is 30.1 Å². The van der Waals surface area contributed by atoms with Crippen molar-refractivity contribution in [2.75, 3.05) is 30.8 Å². The van der Waals surface area contributed by atoms with E-state index < -0.39 is 24.9 Å². The van der Waals surface area contributed by atoms with Gasteiger partial charge < -0.3 is 25.4 Å². The molecule has 0 aromatic heterocycles. The summed E-state index contributed by atoms with van der Waals surface area (Å²) in [5, 5.41) is 48.7. The van der Waals surface area contributed by atoms with Crippen LogP contribution in [0.25, 0.3) is 0 Å². The lowest BCUT2D eigenvalue weighted by atomic mass is 10.2. The minimum atomic E-state index is -3.53. The van der Waals surface area contributed by atoms with Crippen LogP contribution in [0, 0.1) is 30.3 Å². The molecule has 0 aliphatic rings. The van der Waals surface area contributed by atoms with Crippen molar-refractivity contribution in [1.29, 1.82) is 0 Å². The van der Waals surface area contributed by atoms with Crippen LogP contribution in [0.3, 0.4) is 0 Å². The van der Waals surface area contributed by atoms with Crippen LogP contribution in [0.1, 0.15) is 22.3 Å². The average Bonchev–Trinajstić information content (AvgIpc) is 3.38. The zero-order valence-electron chi connectivity index (χ0n) is 38.9. The third-order valence-corrected chi connectivity index (χ3v) is 11.7. The first-order valence-electron chi connectivity index (χ1n) is 20.8. The molecule has 7 aromatic rings. The molecule has 0 heterocycles. The van der Waals surface area contributed by atoms with Gasteiger partial charge >= 0.3 is 0 Å². The minimum absolute atomic E-state index is 0.0107. The van der Waals surface area contributed by atoms with Crippen LogP contribution in [-0.4, -0.2) is 58.4 Å². The number of phenols is 1. The number of ether oxygens (including phenoxy) is 2. The Morgan fingerprint density at radius 2 is 0.845 bits per heavy atom. The first-order valence-corrected chi connectivity index (χ1v) is 26.3. The number of nitrogens with zero attached hydrogens (tertiary/aromatic N) is 3. The summed E-state index contributed by atoms with van der Waals surface area (Å²) in [6, 6.07) is 48.7. The molecule has 0 saturated carbocycles. The van der Waals surface area contributed by atoms with Crippen LogP contribution < -0.4 is 15.2 Å². The van der Waals surface area contributed by atoms with E-state index in [1.807, 2.05) is 91.4 Å². The number of aromatic hydroxyl groups is 1. The second-order valence-electron chi connectivity index (χ2n) is 14.3. The zero-order valence-corrected chi connectivity index (χ0v) is 42.2. The Labute approximate surface area is 424 Å². The molecule has 0 atom stereocenters. The second-order valence-corrected chi connectivity index (χ2v) is 18.6. The van der Waals surface area contributed by atoms with Gasteiger partial charge in [0.2, 0.25) is 0 Å². The lowest BCUT2D eigenvalue weighted by Crippen LogP contribution is -2.02. The van der Waals surface area contributed by atoms with Gasteiger partial charge in [-0.2, -0.15) is 8.42 Å². The van der Waals surface area contributed by atoms with Gasteiger partial charge in [-0.1, -0.05) is 48.5 Å². The van der Waals surface area contributed by atoms with Crippen LogP contribution >= 0.6 is 35.3 Å². The van der Waals surface area contributed by atoms with Crippen molar-refractivity contribution < 1.29 is 47.1 Å². The van der Waals surface area contributed by atoms with Gasteiger partial charge in [-0.3, -0.25) is 34.5 Å². The molecule has 0 fully saturated rings. The quantitative estimate of drug-likeness (QED) is 0.0267. The van der Waals surface area contributed by atoms with Gasteiger partial charge in [0.05, 0.1) is 34.2 Å². The SMILES string of the molecule is CS(=O)(=O)OCc1cccc([N+](=O)[O-])c1.CSc1ccc(O)cc1.CSc1ccc(OCc2cccc(N)c2)cc1.CSc1ccc(OCc2cccc([N+](=O)[O-])c2)cc1.O=[N+]([O-])c1cccc(CO)c1. The van der Waals surface area contributed by atoms with Crippen molar-refractivity contribution >= 4 is 68.2 Å². The molecular formula is C50H52N4O13S4. The molecule has 7 aromatic carbocycles. The highest BCUT2D eigenvalue weighted by molar-refractivity contribution is 7.99. The molecule has 0 bridgehead atoms. The van der Waals surface area contributed by atoms with Crippen molar-refractivity contribution in [3.8, 4) is 17.2 Å². The molecule has 71 heavy (non-hydrogen) atoms. The van der Waals surface area contributed by atoms with E-state index in [1.54, 1.807) is 71.7 Å². The van der Waals surface area contributed by atoms with Gasteiger partial charge in [0, 0.05) is 56.8 Å². The molecule has 0 unspecified atom stereocenters. The number of non-ortho nitro benzene ring substituents is 3. The number of nitro benzene ring substituents is 3. The predicted octanol–water partition coefficient (Wildman–Crippen LogP) is 11.7. The number of aliphatic hydroxyl groups is 1. The summed E-state index contributed by atoms with van der Waals surface area (Å²) < 4.78 is 37.1. The first-order chi connectivity index (χ1) is 33.9. The smallest absolute Gasteiger partial charge is 0.269 e. The maximum atomic E-state index is 10.7. The Hall–Kier alpha value is -7.14. The monoisotopic (exact) mass is 1040 g/mol. The van der Waals surface area contributed by atoms with Crippen LogP contribution in [0.5, 0.6) is 17.2 Å². The summed E-state index contributed by atoms with van der Waals surface area (Å²) in [4.78, 5) is 33.4. The molecule has 7 rings (SSSR count). The van der Waals surface area contributed by atoms with Crippen LogP contribution in [-0.2, 0) is 40.7 Å². The average molecular weight is 1050 g/mol. The largest absolute Gasteiger partial charge is 0.508 e. The summed E-state index contributed by atoms with van der Waals surface area (Å²) in [7, 11) is -3.53. The predicted molar refractivity (Wildman–Crippen MR) is 281 cm³/mol. The Bertz CT molecular complexity index is 2860. The van der Waals surface area contributed by atoms with Gasteiger partial charge in [0.1, 0.15) is 30.5 Å². The van der Waals surface area contributed by atoms with Gasteiger partial charge in [-0.15, -0.1) is 35.3 Å². The lowest BCUT2D eigenvalue weighted by molar-refractivity contribution is -0.385. The van der Waals surface area contributed by atoms with Crippen LogP contribution in [0.15, 0.2) is 185 Å². The van der Waals surface area contributed by atoms with Crippen molar-refractivity contribution in [3.05, 3.63) is 222 Å². The summed E-state index contributed by atoms with van der Waals surface area (Å²) >= 11 is 5.05. The number of hydrogen-bond acceptors (Lipinski definition) is 17. The lowest BCUT2D eigenvalue weighted by Gasteiger charge is -2.07. The minimum Gasteiger partial charge on any atom is -0.508 e. The number of nitro groups is 3. The van der Waals surface area contributed by atoms with Crippen LogP contribution in [0.4, 0.5) is 22.7 Å². The fraction of sp³-hybridized carbons (Fsp3) is 0.160.